The molecule has 0 unspecified atom stereocenters. The standard InChI is InChI=1S/C25H20F2N4O3/c26-16-4-5-18(20(27)11-16)14-3-6-21-19(10-14)25(34)31-9-7-17(12-22(31)24(33)30-21)29-23(32)15-2-1-8-28-13-15/h1-6,8,10-11,13,17,22H,7,9,12H2,(H,29,32)(H,30,33)/t17-,22-/m0/s1. The minimum absolute atomic E-state index is 0.154. The minimum Gasteiger partial charge on any atom is -0.349 e. The first-order valence-electron chi connectivity index (χ1n) is 10.8. The van der Waals surface area contributed by atoms with Gasteiger partial charge < -0.3 is 15.5 Å². The molecule has 2 atom stereocenters. The summed E-state index contributed by atoms with van der Waals surface area (Å²) < 4.78 is 27.6. The van der Waals surface area contributed by atoms with Crippen LogP contribution in [-0.4, -0.2) is 46.2 Å². The van der Waals surface area contributed by atoms with E-state index in [-0.39, 0.29) is 47.9 Å². The molecule has 0 saturated carbocycles. The summed E-state index contributed by atoms with van der Waals surface area (Å²) in [7, 11) is 0. The lowest BCUT2D eigenvalue weighted by Crippen LogP contribution is -2.55. The van der Waals surface area contributed by atoms with Gasteiger partial charge in [0.25, 0.3) is 11.8 Å². The fourth-order valence-corrected chi connectivity index (χ4v) is 4.45. The molecule has 1 aromatic heterocycles. The van der Waals surface area contributed by atoms with Crippen LogP contribution in [0.2, 0.25) is 0 Å². The van der Waals surface area contributed by atoms with Gasteiger partial charge in [0.15, 0.2) is 0 Å². The number of benzene rings is 2. The third-order valence-corrected chi connectivity index (χ3v) is 6.17. The summed E-state index contributed by atoms with van der Waals surface area (Å²) in [5.74, 6) is -2.44. The van der Waals surface area contributed by atoms with Crippen molar-refractivity contribution in [3.05, 3.63) is 83.7 Å². The number of amides is 3. The number of rotatable bonds is 3. The van der Waals surface area contributed by atoms with Gasteiger partial charge in [-0.15, -0.1) is 0 Å². The number of nitrogens with one attached hydrogen (secondary N) is 2. The van der Waals surface area contributed by atoms with Gasteiger partial charge in [-0.2, -0.15) is 0 Å². The lowest BCUT2D eigenvalue weighted by atomic mass is 9.95. The Bertz CT molecular complexity index is 1300. The summed E-state index contributed by atoms with van der Waals surface area (Å²) in [5.41, 5.74) is 1.53. The van der Waals surface area contributed by atoms with Gasteiger partial charge in [-0.25, -0.2) is 8.78 Å². The maximum absolute atomic E-state index is 14.3. The summed E-state index contributed by atoms with van der Waals surface area (Å²) in [6.07, 6.45) is 3.77. The topological polar surface area (TPSA) is 91.4 Å². The van der Waals surface area contributed by atoms with Crippen LogP contribution in [0.25, 0.3) is 11.1 Å². The Morgan fingerprint density at radius 3 is 2.71 bits per heavy atom. The average molecular weight is 462 g/mol. The quantitative estimate of drug-likeness (QED) is 0.624. The van der Waals surface area contributed by atoms with Crippen molar-refractivity contribution in [1.82, 2.24) is 15.2 Å². The SMILES string of the molecule is O=C(N[C@H]1CCN2C(=O)c3cc(-c4ccc(F)cc4F)ccc3NC(=O)[C@@H]2C1)c1cccnc1. The molecule has 0 spiro atoms. The lowest BCUT2D eigenvalue weighted by Gasteiger charge is -2.37. The van der Waals surface area contributed by atoms with E-state index < -0.39 is 17.7 Å². The maximum atomic E-state index is 14.3. The molecular weight excluding hydrogens is 442 g/mol. The fourth-order valence-electron chi connectivity index (χ4n) is 4.45. The monoisotopic (exact) mass is 462 g/mol. The average Bonchev–Trinajstić information content (AvgIpc) is 2.94. The van der Waals surface area contributed by atoms with Crippen molar-refractivity contribution in [1.29, 1.82) is 0 Å². The molecule has 2 aromatic carbocycles. The smallest absolute Gasteiger partial charge is 0.256 e. The number of aromatic nitrogens is 1. The summed E-state index contributed by atoms with van der Waals surface area (Å²) in [4.78, 5) is 44.3. The van der Waals surface area contributed by atoms with Crippen molar-refractivity contribution in [2.24, 2.45) is 0 Å². The molecule has 9 heteroatoms. The zero-order chi connectivity index (χ0) is 23.8. The van der Waals surface area contributed by atoms with Gasteiger partial charge >= 0.3 is 0 Å². The molecular formula is C25H20F2N4O3. The Morgan fingerprint density at radius 1 is 1.09 bits per heavy atom. The number of anilines is 1. The zero-order valence-electron chi connectivity index (χ0n) is 17.9. The normalized spacial score (nSPS) is 19.5. The third-order valence-electron chi connectivity index (χ3n) is 6.17. The second-order valence-corrected chi connectivity index (χ2v) is 8.32. The molecule has 2 N–H and O–H groups in total. The van der Waals surface area contributed by atoms with Crippen LogP contribution >= 0.6 is 0 Å². The first-order valence-corrected chi connectivity index (χ1v) is 10.8. The second kappa shape index (κ2) is 8.66. The Labute approximate surface area is 193 Å². The van der Waals surface area contributed by atoms with Crippen LogP contribution < -0.4 is 10.6 Å². The van der Waals surface area contributed by atoms with Gasteiger partial charge in [0.2, 0.25) is 5.91 Å². The number of fused-ring (bicyclic) bond motifs is 2. The number of nitrogens with zero attached hydrogens (tertiary/aromatic N) is 2. The van der Waals surface area contributed by atoms with Gasteiger partial charge in [0, 0.05) is 36.6 Å². The molecule has 7 nitrogen and oxygen atoms in total. The van der Waals surface area contributed by atoms with Crippen LogP contribution in [0.15, 0.2) is 60.9 Å². The highest BCUT2D eigenvalue weighted by molar-refractivity contribution is 6.10. The first-order chi connectivity index (χ1) is 16.4. The molecule has 1 fully saturated rings. The van der Waals surface area contributed by atoms with E-state index in [4.69, 9.17) is 0 Å². The van der Waals surface area contributed by atoms with Crippen LogP contribution in [0.4, 0.5) is 14.5 Å². The van der Waals surface area contributed by atoms with Crippen molar-refractivity contribution < 1.29 is 23.2 Å². The van der Waals surface area contributed by atoms with Crippen molar-refractivity contribution in [3.63, 3.8) is 0 Å². The summed E-state index contributed by atoms with van der Waals surface area (Å²) in [6, 6.07) is 10.1. The van der Waals surface area contributed by atoms with E-state index in [1.807, 2.05) is 0 Å². The highest BCUT2D eigenvalue weighted by Crippen LogP contribution is 2.32. The molecule has 0 aliphatic carbocycles. The van der Waals surface area contributed by atoms with E-state index in [2.05, 4.69) is 15.6 Å². The number of hydrogen-bond donors (Lipinski definition) is 2. The van der Waals surface area contributed by atoms with Crippen molar-refractivity contribution in [3.8, 4) is 11.1 Å². The number of piperidine rings is 1. The number of carbonyl (C=O) groups excluding carboxylic acids is 3. The van der Waals surface area contributed by atoms with Crippen LogP contribution in [0.3, 0.4) is 0 Å². The molecule has 2 aliphatic heterocycles. The Kier molecular flexibility index (Phi) is 5.53. The highest BCUT2D eigenvalue weighted by atomic mass is 19.1. The molecule has 0 bridgehead atoms. The highest BCUT2D eigenvalue weighted by Gasteiger charge is 2.40. The number of pyridine rings is 1. The van der Waals surface area contributed by atoms with Crippen molar-refractivity contribution in [2.75, 3.05) is 11.9 Å². The Balaban J connectivity index is 1.38. The van der Waals surface area contributed by atoms with E-state index in [0.717, 1.165) is 12.1 Å². The molecule has 1 saturated heterocycles. The molecule has 2 aliphatic rings. The predicted octanol–water partition coefficient (Wildman–Crippen LogP) is 3.38. The number of halogens is 2. The molecule has 34 heavy (non-hydrogen) atoms. The summed E-state index contributed by atoms with van der Waals surface area (Å²) in [5, 5.41) is 5.70. The summed E-state index contributed by atoms with van der Waals surface area (Å²) in [6.45, 7) is 0.267. The van der Waals surface area contributed by atoms with E-state index in [1.165, 1.54) is 23.2 Å². The van der Waals surface area contributed by atoms with E-state index in [1.54, 1.807) is 30.5 Å². The van der Waals surface area contributed by atoms with Crippen molar-refractivity contribution in [2.45, 2.75) is 24.9 Å². The summed E-state index contributed by atoms with van der Waals surface area (Å²) >= 11 is 0. The lowest BCUT2D eigenvalue weighted by molar-refractivity contribution is -0.121. The molecule has 5 rings (SSSR count). The van der Waals surface area contributed by atoms with Gasteiger partial charge in [0.05, 0.1) is 16.8 Å². The van der Waals surface area contributed by atoms with E-state index in [0.29, 0.717) is 23.2 Å². The van der Waals surface area contributed by atoms with E-state index >= 15 is 0 Å². The largest absolute Gasteiger partial charge is 0.349 e. The molecule has 3 aromatic rings. The molecule has 0 radical (unpaired) electrons. The Hall–Kier alpha value is -4.14. The number of carbonyl (C=O) groups is 3. The maximum Gasteiger partial charge on any atom is 0.256 e. The van der Waals surface area contributed by atoms with Crippen LogP contribution in [0.5, 0.6) is 0 Å². The predicted molar refractivity (Wildman–Crippen MR) is 120 cm³/mol. The van der Waals surface area contributed by atoms with Gasteiger partial charge in [-0.1, -0.05) is 6.07 Å². The molecule has 172 valence electrons. The van der Waals surface area contributed by atoms with E-state index in [9.17, 15) is 23.2 Å². The van der Waals surface area contributed by atoms with Crippen LogP contribution in [0, 0.1) is 11.6 Å². The van der Waals surface area contributed by atoms with Gasteiger partial charge in [0.1, 0.15) is 17.7 Å². The molecule has 3 heterocycles. The zero-order valence-corrected chi connectivity index (χ0v) is 17.9. The Morgan fingerprint density at radius 2 is 1.94 bits per heavy atom. The molecule has 3 amide bonds. The minimum atomic E-state index is -0.765. The van der Waals surface area contributed by atoms with Crippen molar-refractivity contribution >= 4 is 23.4 Å². The van der Waals surface area contributed by atoms with Crippen LogP contribution in [0.1, 0.15) is 33.6 Å². The van der Waals surface area contributed by atoms with Crippen LogP contribution in [-0.2, 0) is 4.79 Å². The van der Waals surface area contributed by atoms with Gasteiger partial charge in [-0.05, 0) is 54.8 Å². The second-order valence-electron chi connectivity index (χ2n) is 8.32. The first kappa shape index (κ1) is 21.7. The van der Waals surface area contributed by atoms with Gasteiger partial charge in [-0.3, -0.25) is 19.4 Å². The number of hydrogen-bond acceptors (Lipinski definition) is 4. The fraction of sp³-hybridized carbons (Fsp3) is 0.200. The third kappa shape index (κ3) is 4.00.